The molecule has 15 rings (SSSR count). The fraction of sp³-hybridized carbons (Fsp3) is 0.0909. The fourth-order valence-corrected chi connectivity index (χ4v) is 14.2. The van der Waals surface area contributed by atoms with Gasteiger partial charge in [0.05, 0.1) is 11.1 Å². The topological polar surface area (TPSA) is 6.48 Å². The first-order chi connectivity index (χ1) is 34.3. The maximum atomic E-state index is 2.77. The lowest BCUT2D eigenvalue weighted by Gasteiger charge is -2.52. The van der Waals surface area contributed by atoms with E-state index in [1.807, 2.05) is 11.3 Å². The van der Waals surface area contributed by atoms with Gasteiger partial charge >= 0.3 is 6.85 Å². The van der Waals surface area contributed by atoms with Crippen molar-refractivity contribution in [2.24, 2.45) is 0 Å². The number of nitrogens with zero attached hydrogens (tertiary/aromatic N) is 2. The van der Waals surface area contributed by atoms with Crippen molar-refractivity contribution in [2.45, 2.75) is 38.5 Å². The van der Waals surface area contributed by atoms with E-state index in [-0.39, 0.29) is 12.3 Å². The summed E-state index contributed by atoms with van der Waals surface area (Å²) >= 11 is 1.91. The lowest BCUT2D eigenvalue weighted by Crippen LogP contribution is -2.63. The lowest BCUT2D eigenvalue weighted by atomic mass is 9.42. The van der Waals surface area contributed by atoms with Gasteiger partial charge in [-0.15, -0.1) is 11.3 Å². The van der Waals surface area contributed by atoms with Crippen LogP contribution in [-0.4, -0.2) is 6.85 Å². The van der Waals surface area contributed by atoms with Gasteiger partial charge in [-0.3, -0.25) is 0 Å². The first-order valence-electron chi connectivity index (χ1n) is 24.7. The Hall–Kier alpha value is -7.92. The van der Waals surface area contributed by atoms with Crippen molar-refractivity contribution in [3.05, 3.63) is 246 Å². The van der Waals surface area contributed by atoms with Crippen LogP contribution < -0.4 is 20.6 Å². The average molecular weight is 911 g/mol. The summed E-state index contributed by atoms with van der Waals surface area (Å²) in [6, 6.07) is 81.3. The van der Waals surface area contributed by atoms with Gasteiger partial charge in [0.15, 0.2) is 0 Å². The molecule has 3 aliphatic heterocycles. The third-order valence-electron chi connectivity index (χ3n) is 16.1. The van der Waals surface area contributed by atoms with Crippen LogP contribution in [0.2, 0.25) is 0 Å². The van der Waals surface area contributed by atoms with E-state index in [1.54, 1.807) is 0 Å². The Labute approximate surface area is 413 Å². The minimum absolute atomic E-state index is 0.0422. The highest BCUT2D eigenvalue weighted by molar-refractivity contribution is 7.26. The van der Waals surface area contributed by atoms with Crippen LogP contribution in [0, 0.1) is 6.92 Å². The molecule has 0 unspecified atom stereocenters. The van der Waals surface area contributed by atoms with Crippen LogP contribution in [0.4, 0.5) is 28.4 Å². The van der Waals surface area contributed by atoms with E-state index in [4.69, 9.17) is 0 Å². The largest absolute Gasteiger partial charge is 0.376 e. The minimum Gasteiger partial charge on any atom is -0.376 e. The van der Waals surface area contributed by atoms with Gasteiger partial charge < -0.3 is 9.71 Å². The first kappa shape index (κ1) is 40.0. The molecule has 1 aliphatic carbocycles. The third kappa shape index (κ3) is 5.24. The smallest absolute Gasteiger partial charge is 0.333 e. The number of rotatable bonds is 3. The molecule has 10 aromatic carbocycles. The second-order valence-corrected chi connectivity index (χ2v) is 21.9. The molecule has 4 heteroatoms. The predicted octanol–water partition coefficient (Wildman–Crippen LogP) is 16.4. The monoisotopic (exact) mass is 910 g/mol. The van der Waals surface area contributed by atoms with Crippen LogP contribution >= 0.6 is 11.3 Å². The van der Waals surface area contributed by atoms with Crippen molar-refractivity contribution in [3.8, 4) is 44.5 Å². The van der Waals surface area contributed by atoms with Gasteiger partial charge in [-0.1, -0.05) is 185 Å². The van der Waals surface area contributed by atoms with Crippen molar-refractivity contribution in [1.82, 2.24) is 0 Å². The number of para-hydroxylation sites is 2. The predicted molar refractivity (Wildman–Crippen MR) is 298 cm³/mol. The highest BCUT2D eigenvalue weighted by atomic mass is 32.1. The van der Waals surface area contributed by atoms with Crippen LogP contribution in [0.25, 0.3) is 64.7 Å². The van der Waals surface area contributed by atoms with Crippen LogP contribution in [0.5, 0.6) is 0 Å². The van der Waals surface area contributed by atoms with Crippen molar-refractivity contribution in [1.29, 1.82) is 0 Å². The molecule has 11 aromatic rings. The van der Waals surface area contributed by atoms with Gasteiger partial charge in [0.1, 0.15) is 0 Å². The maximum absolute atomic E-state index is 2.77. The minimum atomic E-state index is -0.516. The molecule has 1 aromatic heterocycles. The molecule has 0 radical (unpaired) electrons. The molecule has 4 aliphatic rings. The molecule has 0 atom stereocenters. The summed E-state index contributed by atoms with van der Waals surface area (Å²) in [4.78, 5) is 5.42. The quantitative estimate of drug-likeness (QED) is 0.163. The number of thiophene rings is 1. The van der Waals surface area contributed by atoms with Crippen LogP contribution in [0.3, 0.4) is 0 Å². The SMILES string of the molecule is Cc1ccccc1-c1cc2c3c(c1)N(c1ccc(C(C)(C)C)cc1-c1ccccc1)c1cc4c(cc1B3N1c3ccccc3C3(c5ccccc5-c5ccccc53)c3cccc-2c31)sc1ccccc14. The van der Waals surface area contributed by atoms with Crippen LogP contribution in [0.1, 0.15) is 54.2 Å². The highest BCUT2D eigenvalue weighted by Gasteiger charge is 2.56. The molecule has 1 spiro atoms. The maximum Gasteiger partial charge on any atom is 0.333 e. The lowest BCUT2D eigenvalue weighted by molar-refractivity contribution is 0.590. The molecule has 0 amide bonds. The summed E-state index contributed by atoms with van der Waals surface area (Å²) in [6.45, 7) is 9.10. The molecular formula is C66H47BN2S. The number of fused-ring (bicyclic) bond motifs is 16. The zero-order valence-electron chi connectivity index (χ0n) is 39.6. The Morgan fingerprint density at radius 1 is 0.429 bits per heavy atom. The summed E-state index contributed by atoms with van der Waals surface area (Å²) in [6.07, 6.45) is 0. The normalized spacial score (nSPS) is 14.3. The molecule has 2 nitrogen and oxygen atoms in total. The van der Waals surface area contributed by atoms with E-state index >= 15 is 0 Å². The molecule has 0 saturated heterocycles. The van der Waals surface area contributed by atoms with E-state index in [9.17, 15) is 0 Å². The molecular weight excluding hydrogens is 864 g/mol. The molecule has 70 heavy (non-hydrogen) atoms. The van der Waals surface area contributed by atoms with Crippen LogP contribution in [0.15, 0.2) is 212 Å². The first-order valence-corrected chi connectivity index (χ1v) is 25.5. The van der Waals surface area contributed by atoms with Crippen molar-refractivity contribution < 1.29 is 0 Å². The standard InChI is InChI=1S/C66H47BN2S/c1-40-19-8-9-22-44(40)42-35-51-48-26-18-30-55-64(48)69(58-31-16-15-29-54(58)66(55)52-27-13-10-23-45(52)46-24-11-14-28-53(46)66)67-56-39-62-50(47-25-12-17-32-61(47)70-62)38-59(56)68(60(36-42)63(51)67)57-34-33-43(65(2,3)4)37-49(57)41-20-6-5-7-21-41/h5-39H,1-4H3. The number of hydrogen-bond donors (Lipinski definition) is 0. The van der Waals surface area contributed by atoms with Gasteiger partial charge in [0.25, 0.3) is 0 Å². The van der Waals surface area contributed by atoms with Gasteiger partial charge in [-0.05, 0) is 139 Å². The van der Waals surface area contributed by atoms with Gasteiger partial charge in [0.2, 0.25) is 0 Å². The van der Waals surface area contributed by atoms with Crippen molar-refractivity contribution in [3.63, 3.8) is 0 Å². The average Bonchev–Trinajstić information content (AvgIpc) is 3.91. The Morgan fingerprint density at radius 3 is 1.86 bits per heavy atom. The zero-order chi connectivity index (χ0) is 46.6. The van der Waals surface area contributed by atoms with Crippen LogP contribution in [-0.2, 0) is 10.8 Å². The second kappa shape index (κ2) is 14.3. The van der Waals surface area contributed by atoms with Gasteiger partial charge in [-0.25, -0.2) is 0 Å². The molecule has 0 fully saturated rings. The molecule has 4 heterocycles. The summed E-state index contributed by atoms with van der Waals surface area (Å²) in [5, 5.41) is 2.60. The Morgan fingerprint density at radius 2 is 1.09 bits per heavy atom. The van der Waals surface area contributed by atoms with Gasteiger partial charge in [-0.2, -0.15) is 0 Å². The van der Waals surface area contributed by atoms with Crippen molar-refractivity contribution >= 4 is 77.7 Å². The molecule has 0 N–H and O–H groups in total. The summed E-state index contributed by atoms with van der Waals surface area (Å²) in [5.41, 5.74) is 26.3. The van der Waals surface area contributed by atoms with E-state index in [0.29, 0.717) is 0 Å². The molecule has 0 saturated carbocycles. The van der Waals surface area contributed by atoms with Crippen molar-refractivity contribution in [2.75, 3.05) is 9.71 Å². The fourth-order valence-electron chi connectivity index (χ4n) is 13.1. The Bertz CT molecular complexity index is 4000. The summed E-state index contributed by atoms with van der Waals surface area (Å²) in [7, 11) is 0. The Balaban J connectivity index is 1.12. The van der Waals surface area contributed by atoms with Gasteiger partial charge in [0, 0.05) is 54.0 Å². The Kier molecular flexibility index (Phi) is 8.19. The number of hydrogen-bond acceptors (Lipinski definition) is 3. The van der Waals surface area contributed by atoms with E-state index in [1.165, 1.54) is 137 Å². The summed E-state index contributed by atoms with van der Waals surface area (Å²) < 4.78 is 2.62. The van der Waals surface area contributed by atoms with E-state index < -0.39 is 5.41 Å². The number of benzene rings is 10. The van der Waals surface area contributed by atoms with E-state index in [0.717, 1.165) is 0 Å². The molecule has 0 bridgehead atoms. The zero-order valence-corrected chi connectivity index (χ0v) is 40.4. The number of anilines is 5. The third-order valence-corrected chi connectivity index (χ3v) is 17.3. The molecule has 330 valence electrons. The highest BCUT2D eigenvalue weighted by Crippen LogP contribution is 2.65. The number of aryl methyl sites for hydroxylation is 1. The summed E-state index contributed by atoms with van der Waals surface area (Å²) in [5.74, 6) is 0. The van der Waals surface area contributed by atoms with E-state index in [2.05, 4.69) is 250 Å². The second-order valence-electron chi connectivity index (χ2n) is 20.8.